The van der Waals surface area contributed by atoms with Crippen molar-refractivity contribution in [3.8, 4) is 0 Å². The molecule has 0 radical (unpaired) electrons. The average molecular weight is 235 g/mol. The molecular weight excluding hydrogens is 222 g/mol. The highest BCUT2D eigenvalue weighted by Gasteiger charge is 2.25. The zero-order valence-corrected chi connectivity index (χ0v) is 9.91. The van der Waals surface area contributed by atoms with E-state index in [1.165, 1.54) is 11.1 Å². The second kappa shape index (κ2) is 4.57. The van der Waals surface area contributed by atoms with Crippen LogP contribution in [0.15, 0.2) is 48.7 Å². The van der Waals surface area contributed by atoms with Gasteiger partial charge in [-0.25, -0.2) is 0 Å². The Morgan fingerprint density at radius 3 is 2.72 bits per heavy atom. The summed E-state index contributed by atoms with van der Waals surface area (Å²) in [5, 5.41) is 0. The highest BCUT2D eigenvalue weighted by atomic mass is 16.1. The van der Waals surface area contributed by atoms with Crippen LogP contribution in [-0.4, -0.2) is 11.3 Å². The highest BCUT2D eigenvalue weighted by Crippen LogP contribution is 2.40. The third-order valence-corrected chi connectivity index (χ3v) is 3.32. The molecular formula is C16H13NO. The van der Waals surface area contributed by atoms with Gasteiger partial charge in [-0.05, 0) is 41.3 Å². The second-order valence-corrected chi connectivity index (χ2v) is 4.46. The molecule has 1 atom stereocenters. The van der Waals surface area contributed by atoms with E-state index in [4.69, 9.17) is 0 Å². The zero-order valence-electron chi connectivity index (χ0n) is 9.91. The molecule has 1 heterocycles. The van der Waals surface area contributed by atoms with Crippen LogP contribution in [0.25, 0.3) is 11.6 Å². The van der Waals surface area contributed by atoms with E-state index in [9.17, 15) is 4.79 Å². The predicted molar refractivity (Wildman–Crippen MR) is 72.0 cm³/mol. The van der Waals surface area contributed by atoms with Crippen molar-refractivity contribution in [2.24, 2.45) is 0 Å². The number of nitrogens with zero attached hydrogens (tertiary/aromatic N) is 1. The van der Waals surface area contributed by atoms with E-state index >= 15 is 0 Å². The number of fused-ring (bicyclic) bond motifs is 1. The lowest BCUT2D eigenvalue weighted by Crippen LogP contribution is -1.92. The predicted octanol–water partition coefficient (Wildman–Crippen LogP) is 3.31. The van der Waals surface area contributed by atoms with Gasteiger partial charge >= 0.3 is 0 Å². The molecule has 0 bridgehead atoms. The Kier molecular flexibility index (Phi) is 2.77. The zero-order chi connectivity index (χ0) is 12.4. The van der Waals surface area contributed by atoms with Gasteiger partial charge in [-0.15, -0.1) is 0 Å². The van der Waals surface area contributed by atoms with Crippen molar-refractivity contribution < 1.29 is 4.79 Å². The number of hydrogen-bond acceptors (Lipinski definition) is 2. The lowest BCUT2D eigenvalue weighted by molar-refractivity contribution is -0.108. The summed E-state index contributed by atoms with van der Waals surface area (Å²) in [6, 6.07) is 14.0. The number of hydrogen-bond donors (Lipinski definition) is 0. The smallest absolute Gasteiger partial charge is 0.127 e. The van der Waals surface area contributed by atoms with Crippen LogP contribution in [0, 0.1) is 0 Å². The van der Waals surface area contributed by atoms with Gasteiger partial charge in [0.25, 0.3) is 0 Å². The molecule has 1 aliphatic rings. The molecule has 0 saturated carbocycles. The van der Waals surface area contributed by atoms with Crippen LogP contribution in [-0.2, 0) is 4.79 Å². The van der Waals surface area contributed by atoms with Crippen LogP contribution in [0.3, 0.4) is 0 Å². The van der Waals surface area contributed by atoms with Crippen molar-refractivity contribution in [3.63, 3.8) is 0 Å². The Hall–Kier alpha value is -2.22. The van der Waals surface area contributed by atoms with E-state index in [2.05, 4.69) is 17.1 Å². The summed E-state index contributed by atoms with van der Waals surface area (Å²) in [7, 11) is 0. The van der Waals surface area contributed by atoms with Crippen molar-refractivity contribution >= 4 is 17.9 Å². The second-order valence-electron chi connectivity index (χ2n) is 4.46. The van der Waals surface area contributed by atoms with Gasteiger partial charge in [0, 0.05) is 12.1 Å². The first kappa shape index (κ1) is 10.9. The Morgan fingerprint density at radius 2 is 1.94 bits per heavy atom. The third-order valence-electron chi connectivity index (χ3n) is 3.32. The summed E-state index contributed by atoms with van der Waals surface area (Å²) >= 11 is 0. The fraction of sp³-hybridized carbons (Fsp3) is 0.125. The molecule has 0 fully saturated rings. The Balaban J connectivity index is 2.06. The molecule has 2 heteroatoms. The summed E-state index contributed by atoms with van der Waals surface area (Å²) < 4.78 is 0. The number of benzene rings is 1. The van der Waals surface area contributed by atoms with Gasteiger partial charge in [0.15, 0.2) is 0 Å². The molecule has 3 rings (SSSR count). The quantitative estimate of drug-likeness (QED) is 0.747. The molecule has 2 nitrogen and oxygen atoms in total. The van der Waals surface area contributed by atoms with E-state index in [-0.39, 0.29) is 5.92 Å². The van der Waals surface area contributed by atoms with Gasteiger partial charge in [-0.3, -0.25) is 4.98 Å². The largest absolute Gasteiger partial charge is 0.303 e. The molecule has 1 aromatic carbocycles. The number of aldehydes is 1. The Morgan fingerprint density at radius 1 is 1.11 bits per heavy atom. The number of carbonyl (C=O) groups is 1. The minimum atomic E-state index is -0.00355. The van der Waals surface area contributed by atoms with Crippen molar-refractivity contribution in [2.75, 3.05) is 0 Å². The molecule has 1 unspecified atom stereocenters. The number of rotatable bonds is 2. The molecule has 18 heavy (non-hydrogen) atoms. The Bertz CT molecular complexity index is 602. The molecule has 0 N–H and O–H groups in total. The van der Waals surface area contributed by atoms with Gasteiger partial charge < -0.3 is 4.79 Å². The first-order valence-corrected chi connectivity index (χ1v) is 6.04. The summed E-state index contributed by atoms with van der Waals surface area (Å²) in [6.45, 7) is 0. The van der Waals surface area contributed by atoms with E-state index in [0.717, 1.165) is 24.0 Å². The molecule has 0 saturated heterocycles. The lowest BCUT2D eigenvalue weighted by atomic mass is 10.0. The average Bonchev–Trinajstić information content (AvgIpc) is 2.78. The number of allylic oxidation sites excluding steroid dienone is 1. The third kappa shape index (κ3) is 1.86. The van der Waals surface area contributed by atoms with Crippen LogP contribution in [0.5, 0.6) is 0 Å². The molecule has 1 aromatic heterocycles. The van der Waals surface area contributed by atoms with Gasteiger partial charge in [-0.2, -0.15) is 0 Å². The molecule has 0 spiro atoms. The molecule has 88 valence electrons. The summed E-state index contributed by atoms with van der Waals surface area (Å²) in [6.07, 6.45) is 5.67. The molecule has 0 aliphatic heterocycles. The SMILES string of the molecule is O=CC1C/C(=C\c2ccccn2)c2ccccc21. The van der Waals surface area contributed by atoms with Crippen LogP contribution < -0.4 is 0 Å². The van der Waals surface area contributed by atoms with Gasteiger partial charge in [0.1, 0.15) is 6.29 Å². The van der Waals surface area contributed by atoms with Gasteiger partial charge in [0.2, 0.25) is 0 Å². The number of pyridine rings is 1. The fourth-order valence-corrected chi connectivity index (χ4v) is 2.47. The van der Waals surface area contributed by atoms with Crippen molar-refractivity contribution in [1.82, 2.24) is 4.98 Å². The fourth-order valence-electron chi connectivity index (χ4n) is 2.47. The summed E-state index contributed by atoms with van der Waals surface area (Å²) in [5.41, 5.74) is 4.45. The van der Waals surface area contributed by atoms with Crippen LogP contribution in [0.1, 0.15) is 29.2 Å². The molecule has 2 aromatic rings. The Labute approximate surface area is 106 Å². The summed E-state index contributed by atoms with van der Waals surface area (Å²) in [5.74, 6) is -0.00355. The van der Waals surface area contributed by atoms with Crippen LogP contribution in [0.2, 0.25) is 0 Å². The van der Waals surface area contributed by atoms with Crippen molar-refractivity contribution in [3.05, 3.63) is 65.5 Å². The standard InChI is InChI=1S/C16H13NO/c18-11-13-9-12(10-14-5-3-4-8-17-14)15-6-1-2-7-16(13)15/h1-8,10-11,13H,9H2/b12-10+. The normalized spacial score (nSPS) is 19.8. The van der Waals surface area contributed by atoms with Crippen molar-refractivity contribution in [1.29, 1.82) is 0 Å². The minimum Gasteiger partial charge on any atom is -0.303 e. The maximum atomic E-state index is 11.1. The van der Waals surface area contributed by atoms with E-state index in [1.54, 1.807) is 6.20 Å². The van der Waals surface area contributed by atoms with Gasteiger partial charge in [0.05, 0.1) is 5.69 Å². The lowest BCUT2D eigenvalue weighted by Gasteiger charge is -2.00. The highest BCUT2D eigenvalue weighted by molar-refractivity contribution is 5.89. The molecule has 1 aliphatic carbocycles. The first-order valence-electron chi connectivity index (χ1n) is 6.04. The monoisotopic (exact) mass is 235 g/mol. The first-order chi connectivity index (χ1) is 8.88. The minimum absolute atomic E-state index is 0.00355. The maximum Gasteiger partial charge on any atom is 0.127 e. The van der Waals surface area contributed by atoms with E-state index in [0.29, 0.717) is 0 Å². The summed E-state index contributed by atoms with van der Waals surface area (Å²) in [4.78, 5) is 15.4. The van der Waals surface area contributed by atoms with Gasteiger partial charge in [-0.1, -0.05) is 30.3 Å². The number of carbonyl (C=O) groups excluding carboxylic acids is 1. The van der Waals surface area contributed by atoms with Crippen LogP contribution in [0.4, 0.5) is 0 Å². The van der Waals surface area contributed by atoms with E-state index < -0.39 is 0 Å². The van der Waals surface area contributed by atoms with Crippen LogP contribution >= 0.6 is 0 Å². The van der Waals surface area contributed by atoms with Crippen molar-refractivity contribution in [2.45, 2.75) is 12.3 Å². The molecule has 0 amide bonds. The maximum absolute atomic E-state index is 11.1. The number of aromatic nitrogens is 1. The topological polar surface area (TPSA) is 30.0 Å². The van der Waals surface area contributed by atoms with E-state index in [1.807, 2.05) is 36.4 Å².